The predicted octanol–water partition coefficient (Wildman–Crippen LogP) is 1.58. The van der Waals surface area contributed by atoms with Crippen molar-refractivity contribution in [3.63, 3.8) is 0 Å². The minimum Gasteiger partial charge on any atom is -0.370 e. The fourth-order valence-corrected chi connectivity index (χ4v) is 2.74. The van der Waals surface area contributed by atoms with Gasteiger partial charge < -0.3 is 11.1 Å². The topological polar surface area (TPSA) is 50.4 Å². The van der Waals surface area contributed by atoms with Crippen LogP contribution >= 0.6 is 11.8 Å². The highest BCUT2D eigenvalue weighted by Gasteiger charge is 2.21. The molecule has 1 rings (SSSR count). The summed E-state index contributed by atoms with van der Waals surface area (Å²) in [5.74, 6) is 0.610. The van der Waals surface area contributed by atoms with Gasteiger partial charge in [-0.2, -0.15) is 11.8 Å². The lowest BCUT2D eigenvalue weighted by Crippen LogP contribution is -2.43. The first-order valence-corrected chi connectivity index (χ1v) is 6.64. The molecule has 2 unspecified atom stereocenters. The van der Waals surface area contributed by atoms with Gasteiger partial charge in [-0.05, 0) is 32.4 Å². The summed E-state index contributed by atoms with van der Waals surface area (Å²) >= 11 is 1.97. The zero-order valence-corrected chi connectivity index (χ0v) is 9.94. The highest BCUT2D eigenvalue weighted by Crippen LogP contribution is 2.26. The van der Waals surface area contributed by atoms with Crippen molar-refractivity contribution >= 4 is 17.7 Å². The van der Waals surface area contributed by atoms with Crippen LogP contribution in [-0.4, -0.2) is 30.1 Å². The summed E-state index contributed by atoms with van der Waals surface area (Å²) in [7, 11) is 0. The predicted molar refractivity (Wildman–Crippen MR) is 64.9 cm³/mol. The molecule has 1 fully saturated rings. The zero-order chi connectivity index (χ0) is 10.4. The maximum Gasteiger partial charge on any atom is 0.188 e. The molecule has 0 aromatic rings. The van der Waals surface area contributed by atoms with Crippen LogP contribution in [0.5, 0.6) is 0 Å². The lowest BCUT2D eigenvalue weighted by Gasteiger charge is -2.28. The van der Waals surface area contributed by atoms with E-state index in [1.165, 1.54) is 25.7 Å². The Kier molecular flexibility index (Phi) is 5.15. The molecular weight excluding hydrogens is 194 g/mol. The van der Waals surface area contributed by atoms with Crippen LogP contribution < -0.4 is 11.1 Å². The summed E-state index contributed by atoms with van der Waals surface area (Å²) in [6.07, 6.45) is 7.31. The van der Waals surface area contributed by atoms with Gasteiger partial charge >= 0.3 is 0 Å². The van der Waals surface area contributed by atoms with E-state index in [1.54, 1.807) is 0 Å². The third-order valence-corrected chi connectivity index (χ3v) is 3.73. The molecule has 1 saturated carbocycles. The molecule has 0 aromatic heterocycles. The largest absolute Gasteiger partial charge is 0.370 e. The smallest absolute Gasteiger partial charge is 0.188 e. The molecule has 0 aromatic carbocycles. The van der Waals surface area contributed by atoms with E-state index in [2.05, 4.69) is 16.6 Å². The van der Waals surface area contributed by atoms with Crippen molar-refractivity contribution in [3.05, 3.63) is 0 Å². The van der Waals surface area contributed by atoms with Crippen molar-refractivity contribution in [2.45, 2.75) is 43.9 Å². The van der Waals surface area contributed by atoms with Crippen LogP contribution in [0.15, 0.2) is 4.99 Å². The molecule has 1 aliphatic rings. The Morgan fingerprint density at radius 3 is 3.00 bits per heavy atom. The summed E-state index contributed by atoms with van der Waals surface area (Å²) in [5, 5.41) is 4.10. The average molecular weight is 215 g/mol. The number of thioether (sulfide) groups is 1. The van der Waals surface area contributed by atoms with Gasteiger partial charge in [-0.25, -0.2) is 0 Å². The van der Waals surface area contributed by atoms with Gasteiger partial charge in [0.05, 0.1) is 0 Å². The number of hydrogen-bond donors (Lipinski definition) is 2. The van der Waals surface area contributed by atoms with E-state index in [9.17, 15) is 0 Å². The van der Waals surface area contributed by atoms with Crippen molar-refractivity contribution in [2.75, 3.05) is 12.8 Å². The molecule has 4 heteroatoms. The Balaban J connectivity index is 2.33. The van der Waals surface area contributed by atoms with Crippen molar-refractivity contribution < 1.29 is 0 Å². The van der Waals surface area contributed by atoms with Gasteiger partial charge in [-0.1, -0.05) is 6.42 Å². The number of hydrogen-bond acceptors (Lipinski definition) is 2. The molecule has 0 saturated heterocycles. The fraction of sp³-hybridized carbons (Fsp3) is 0.900. The normalized spacial score (nSPS) is 28.9. The lowest BCUT2D eigenvalue weighted by molar-refractivity contribution is 0.421. The van der Waals surface area contributed by atoms with Crippen LogP contribution in [0.4, 0.5) is 0 Å². The third-order valence-electron chi connectivity index (χ3n) is 2.64. The highest BCUT2D eigenvalue weighted by atomic mass is 32.2. The second kappa shape index (κ2) is 6.17. The van der Waals surface area contributed by atoms with Crippen LogP contribution in [0.2, 0.25) is 0 Å². The monoisotopic (exact) mass is 215 g/mol. The van der Waals surface area contributed by atoms with Gasteiger partial charge in [0.2, 0.25) is 0 Å². The van der Waals surface area contributed by atoms with E-state index in [0.29, 0.717) is 12.0 Å². The number of rotatable bonds is 3. The molecular formula is C10H21N3S. The van der Waals surface area contributed by atoms with E-state index in [-0.39, 0.29) is 0 Å². The van der Waals surface area contributed by atoms with Gasteiger partial charge in [0, 0.05) is 17.8 Å². The van der Waals surface area contributed by atoms with E-state index in [1.807, 2.05) is 18.7 Å². The Labute approximate surface area is 90.9 Å². The second-order valence-corrected chi connectivity index (χ2v) is 4.86. The molecule has 14 heavy (non-hydrogen) atoms. The zero-order valence-electron chi connectivity index (χ0n) is 9.12. The lowest BCUT2D eigenvalue weighted by atomic mass is 9.95. The Hall–Kier alpha value is -0.380. The van der Waals surface area contributed by atoms with Gasteiger partial charge in [-0.15, -0.1) is 0 Å². The minimum atomic E-state index is 0.538. The first-order chi connectivity index (χ1) is 6.76. The van der Waals surface area contributed by atoms with Crippen LogP contribution in [0.3, 0.4) is 0 Å². The van der Waals surface area contributed by atoms with E-state index in [0.717, 1.165) is 11.8 Å². The number of guanidine groups is 1. The highest BCUT2D eigenvalue weighted by molar-refractivity contribution is 7.99. The molecule has 3 nitrogen and oxygen atoms in total. The summed E-state index contributed by atoms with van der Waals surface area (Å²) in [6, 6.07) is 0.538. The van der Waals surface area contributed by atoms with Crippen LogP contribution in [0, 0.1) is 0 Å². The Morgan fingerprint density at radius 2 is 2.36 bits per heavy atom. The van der Waals surface area contributed by atoms with E-state index < -0.39 is 0 Å². The third kappa shape index (κ3) is 3.78. The molecule has 0 aliphatic heterocycles. The van der Waals surface area contributed by atoms with Crippen molar-refractivity contribution in [3.8, 4) is 0 Å². The standard InChI is InChI=1S/C10H21N3S/c1-3-12-10(11)13-8-5-4-6-9(7-8)14-2/h8-9H,3-7H2,1-2H3,(H3,11,12,13). The van der Waals surface area contributed by atoms with E-state index in [4.69, 9.17) is 5.73 Å². The molecule has 0 amide bonds. The van der Waals surface area contributed by atoms with E-state index >= 15 is 0 Å². The molecule has 2 atom stereocenters. The molecule has 0 heterocycles. The maximum absolute atomic E-state index is 5.73. The maximum atomic E-state index is 5.73. The SMILES string of the molecule is CCN=C(N)NC1CCCC(SC)C1. The number of nitrogens with two attached hydrogens (primary N) is 1. The number of aliphatic imine (C=N–C) groups is 1. The second-order valence-electron chi connectivity index (χ2n) is 3.73. The van der Waals surface area contributed by atoms with Gasteiger partial charge in [-0.3, -0.25) is 4.99 Å². The van der Waals surface area contributed by atoms with Gasteiger partial charge in [0.25, 0.3) is 0 Å². The number of nitrogens with one attached hydrogen (secondary N) is 1. The first-order valence-electron chi connectivity index (χ1n) is 5.35. The molecule has 0 radical (unpaired) electrons. The Morgan fingerprint density at radius 1 is 1.57 bits per heavy atom. The van der Waals surface area contributed by atoms with Gasteiger partial charge in [0.1, 0.15) is 0 Å². The van der Waals surface area contributed by atoms with Crippen LogP contribution in [0.25, 0.3) is 0 Å². The van der Waals surface area contributed by atoms with Gasteiger partial charge in [0.15, 0.2) is 5.96 Å². The van der Waals surface area contributed by atoms with Crippen molar-refractivity contribution in [1.29, 1.82) is 0 Å². The molecule has 82 valence electrons. The molecule has 0 spiro atoms. The summed E-state index contributed by atoms with van der Waals surface area (Å²) in [4.78, 5) is 4.15. The van der Waals surface area contributed by atoms with Crippen LogP contribution in [-0.2, 0) is 0 Å². The first kappa shape index (κ1) is 11.7. The van der Waals surface area contributed by atoms with Crippen molar-refractivity contribution in [2.24, 2.45) is 10.7 Å². The molecule has 3 N–H and O–H groups in total. The molecule has 0 bridgehead atoms. The summed E-state index contributed by atoms with van der Waals surface area (Å²) in [6.45, 7) is 2.76. The van der Waals surface area contributed by atoms with Crippen LogP contribution in [0.1, 0.15) is 32.6 Å². The summed E-state index contributed by atoms with van der Waals surface area (Å²) < 4.78 is 0. The Bertz CT molecular complexity index is 194. The quantitative estimate of drug-likeness (QED) is 0.555. The fourth-order valence-electron chi connectivity index (χ4n) is 1.92. The van der Waals surface area contributed by atoms with Crippen molar-refractivity contribution in [1.82, 2.24) is 5.32 Å². The average Bonchev–Trinajstić information content (AvgIpc) is 2.18. The molecule has 1 aliphatic carbocycles. The summed E-state index contributed by atoms with van der Waals surface area (Å²) in [5.41, 5.74) is 5.73. The number of nitrogens with zero attached hydrogens (tertiary/aromatic N) is 1. The minimum absolute atomic E-state index is 0.538.